The molecular weight excluding hydrogens is 182 g/mol. The number of aryl methyl sites for hydroxylation is 2. The predicted octanol–water partition coefficient (Wildman–Crippen LogP) is 3.74. The van der Waals surface area contributed by atoms with Crippen molar-refractivity contribution >= 4 is 0 Å². The Labute approximate surface area is 93.7 Å². The minimum atomic E-state index is 0.184. The van der Waals surface area contributed by atoms with Gasteiger partial charge in [-0.05, 0) is 31.7 Å². The Bertz CT molecular complexity index is 297. The molecule has 1 nitrogen and oxygen atoms in total. The third-order valence-corrected chi connectivity index (χ3v) is 2.99. The highest BCUT2D eigenvalue weighted by atomic mass is 14.6. The summed E-state index contributed by atoms with van der Waals surface area (Å²) >= 11 is 0. The van der Waals surface area contributed by atoms with Crippen LogP contribution in [0.15, 0.2) is 18.2 Å². The molecule has 0 aromatic heterocycles. The SMILES string of the molecule is CCCC(C)C(N)c1cc(C)cc(C)c1. The summed E-state index contributed by atoms with van der Waals surface area (Å²) in [7, 11) is 0. The Kier molecular flexibility index (Phi) is 4.34. The first-order valence-corrected chi connectivity index (χ1v) is 5.88. The van der Waals surface area contributed by atoms with Crippen molar-refractivity contribution < 1.29 is 0 Å². The van der Waals surface area contributed by atoms with Crippen LogP contribution in [-0.2, 0) is 0 Å². The Morgan fingerprint density at radius 3 is 2.13 bits per heavy atom. The van der Waals surface area contributed by atoms with Crippen molar-refractivity contribution in [1.82, 2.24) is 0 Å². The monoisotopic (exact) mass is 205 g/mol. The maximum absolute atomic E-state index is 6.26. The van der Waals surface area contributed by atoms with Gasteiger partial charge < -0.3 is 5.73 Å². The van der Waals surface area contributed by atoms with E-state index in [1.165, 1.54) is 29.5 Å². The van der Waals surface area contributed by atoms with Gasteiger partial charge in [0.25, 0.3) is 0 Å². The van der Waals surface area contributed by atoms with Crippen LogP contribution in [0.5, 0.6) is 0 Å². The second-order valence-electron chi connectivity index (χ2n) is 4.71. The molecule has 0 aliphatic rings. The van der Waals surface area contributed by atoms with Crippen LogP contribution in [0.2, 0.25) is 0 Å². The molecule has 15 heavy (non-hydrogen) atoms. The zero-order valence-electron chi connectivity index (χ0n) is 10.4. The van der Waals surface area contributed by atoms with E-state index in [1.54, 1.807) is 0 Å². The lowest BCUT2D eigenvalue weighted by molar-refractivity contribution is 0.433. The van der Waals surface area contributed by atoms with Crippen molar-refractivity contribution in [3.63, 3.8) is 0 Å². The van der Waals surface area contributed by atoms with Gasteiger partial charge in [0.15, 0.2) is 0 Å². The summed E-state index contributed by atoms with van der Waals surface area (Å²) < 4.78 is 0. The molecule has 0 bridgehead atoms. The fourth-order valence-corrected chi connectivity index (χ4v) is 2.17. The predicted molar refractivity (Wildman–Crippen MR) is 66.9 cm³/mol. The zero-order valence-corrected chi connectivity index (χ0v) is 10.4. The van der Waals surface area contributed by atoms with Crippen molar-refractivity contribution in [1.29, 1.82) is 0 Å². The normalized spacial score (nSPS) is 15.0. The molecule has 0 saturated carbocycles. The molecule has 1 heteroatoms. The minimum absolute atomic E-state index is 0.184. The number of benzene rings is 1. The lowest BCUT2D eigenvalue weighted by Gasteiger charge is -2.20. The summed E-state index contributed by atoms with van der Waals surface area (Å²) in [6.45, 7) is 8.72. The molecular formula is C14H23N. The van der Waals surface area contributed by atoms with E-state index in [0.717, 1.165) is 0 Å². The van der Waals surface area contributed by atoms with E-state index in [-0.39, 0.29) is 6.04 Å². The van der Waals surface area contributed by atoms with Gasteiger partial charge in [0.05, 0.1) is 0 Å². The quantitative estimate of drug-likeness (QED) is 0.796. The van der Waals surface area contributed by atoms with E-state index in [0.29, 0.717) is 5.92 Å². The van der Waals surface area contributed by atoms with Crippen LogP contribution in [0.4, 0.5) is 0 Å². The van der Waals surface area contributed by atoms with Crippen molar-refractivity contribution in [3.8, 4) is 0 Å². The zero-order chi connectivity index (χ0) is 11.4. The maximum atomic E-state index is 6.26. The fourth-order valence-electron chi connectivity index (χ4n) is 2.17. The summed E-state index contributed by atoms with van der Waals surface area (Å²) in [6, 6.07) is 6.80. The van der Waals surface area contributed by atoms with Crippen LogP contribution in [0, 0.1) is 19.8 Å². The van der Waals surface area contributed by atoms with Crippen molar-refractivity contribution in [2.75, 3.05) is 0 Å². The molecule has 2 unspecified atom stereocenters. The van der Waals surface area contributed by atoms with Crippen LogP contribution >= 0.6 is 0 Å². The van der Waals surface area contributed by atoms with Crippen molar-refractivity contribution in [2.24, 2.45) is 11.7 Å². The van der Waals surface area contributed by atoms with Crippen LogP contribution in [0.3, 0.4) is 0 Å². The van der Waals surface area contributed by atoms with Gasteiger partial charge in [-0.3, -0.25) is 0 Å². The first kappa shape index (κ1) is 12.3. The molecule has 0 radical (unpaired) electrons. The molecule has 2 atom stereocenters. The minimum Gasteiger partial charge on any atom is -0.324 e. The van der Waals surface area contributed by atoms with Crippen LogP contribution in [0.25, 0.3) is 0 Å². The highest BCUT2D eigenvalue weighted by Gasteiger charge is 2.14. The Balaban J connectivity index is 2.85. The van der Waals surface area contributed by atoms with Gasteiger partial charge in [-0.25, -0.2) is 0 Å². The van der Waals surface area contributed by atoms with Crippen LogP contribution in [0.1, 0.15) is 49.4 Å². The van der Waals surface area contributed by atoms with Crippen molar-refractivity contribution in [3.05, 3.63) is 34.9 Å². The van der Waals surface area contributed by atoms with Gasteiger partial charge in [0.1, 0.15) is 0 Å². The summed E-state index contributed by atoms with van der Waals surface area (Å²) in [6.07, 6.45) is 2.41. The van der Waals surface area contributed by atoms with Crippen molar-refractivity contribution in [2.45, 2.75) is 46.6 Å². The van der Waals surface area contributed by atoms with Gasteiger partial charge in [-0.1, -0.05) is 49.6 Å². The molecule has 0 heterocycles. The van der Waals surface area contributed by atoms with Crippen LogP contribution in [-0.4, -0.2) is 0 Å². The average molecular weight is 205 g/mol. The van der Waals surface area contributed by atoms with Gasteiger partial charge in [-0.2, -0.15) is 0 Å². The Morgan fingerprint density at radius 2 is 1.67 bits per heavy atom. The Hall–Kier alpha value is -0.820. The fraction of sp³-hybridized carbons (Fsp3) is 0.571. The smallest absolute Gasteiger partial charge is 0.0321 e. The Morgan fingerprint density at radius 1 is 1.13 bits per heavy atom. The summed E-state index contributed by atoms with van der Waals surface area (Å²) in [5, 5.41) is 0. The molecule has 84 valence electrons. The molecule has 0 amide bonds. The second-order valence-corrected chi connectivity index (χ2v) is 4.71. The standard InChI is InChI=1S/C14H23N/c1-5-6-12(4)14(15)13-8-10(2)7-11(3)9-13/h7-9,12,14H,5-6,15H2,1-4H3. The molecule has 2 N–H and O–H groups in total. The molecule has 1 aromatic rings. The number of nitrogens with two attached hydrogens (primary N) is 1. The molecule has 0 aliphatic carbocycles. The van der Waals surface area contributed by atoms with Gasteiger partial charge in [0, 0.05) is 6.04 Å². The largest absolute Gasteiger partial charge is 0.324 e. The van der Waals surface area contributed by atoms with E-state index < -0.39 is 0 Å². The first-order valence-electron chi connectivity index (χ1n) is 5.88. The van der Waals surface area contributed by atoms with Crippen LogP contribution < -0.4 is 5.73 Å². The molecule has 0 fully saturated rings. The van der Waals surface area contributed by atoms with E-state index >= 15 is 0 Å². The van der Waals surface area contributed by atoms with E-state index in [9.17, 15) is 0 Å². The second kappa shape index (κ2) is 5.32. The summed E-state index contributed by atoms with van der Waals surface area (Å²) in [4.78, 5) is 0. The van der Waals surface area contributed by atoms with Gasteiger partial charge >= 0.3 is 0 Å². The summed E-state index contributed by atoms with van der Waals surface area (Å²) in [5.41, 5.74) is 10.2. The van der Waals surface area contributed by atoms with Gasteiger partial charge in [-0.15, -0.1) is 0 Å². The topological polar surface area (TPSA) is 26.0 Å². The van der Waals surface area contributed by atoms with E-state index in [4.69, 9.17) is 5.73 Å². The average Bonchev–Trinajstić information content (AvgIpc) is 2.15. The van der Waals surface area contributed by atoms with E-state index in [1.807, 2.05) is 0 Å². The third kappa shape index (κ3) is 3.35. The lowest BCUT2D eigenvalue weighted by Crippen LogP contribution is -2.19. The lowest BCUT2D eigenvalue weighted by atomic mass is 9.90. The molecule has 0 aliphatic heterocycles. The van der Waals surface area contributed by atoms with Gasteiger partial charge in [0.2, 0.25) is 0 Å². The number of rotatable bonds is 4. The molecule has 1 aromatic carbocycles. The summed E-state index contributed by atoms with van der Waals surface area (Å²) in [5.74, 6) is 0.566. The molecule has 0 spiro atoms. The third-order valence-electron chi connectivity index (χ3n) is 2.99. The highest BCUT2D eigenvalue weighted by molar-refractivity contribution is 5.30. The number of hydrogen-bond donors (Lipinski definition) is 1. The first-order chi connectivity index (χ1) is 7.04. The van der Waals surface area contributed by atoms with E-state index in [2.05, 4.69) is 45.9 Å². The molecule has 1 rings (SSSR count). The molecule has 0 saturated heterocycles. The maximum Gasteiger partial charge on any atom is 0.0321 e. The number of hydrogen-bond acceptors (Lipinski definition) is 1. The highest BCUT2D eigenvalue weighted by Crippen LogP contribution is 2.24.